The SMILES string of the molecule is c1ccc([C@H]2Oc3ccccc3[C@@H]3CC(c4ccc5c(c4)OCO5)=NN23)cc1. The zero-order chi connectivity index (χ0) is 18.5. The second kappa shape index (κ2) is 6.02. The molecule has 0 amide bonds. The predicted octanol–water partition coefficient (Wildman–Crippen LogP) is 4.66. The molecule has 3 aromatic carbocycles. The lowest BCUT2D eigenvalue weighted by Gasteiger charge is -2.38. The Morgan fingerprint density at radius 1 is 0.821 bits per heavy atom. The maximum atomic E-state index is 6.36. The molecule has 2 atom stereocenters. The molecule has 0 aromatic heterocycles. The molecule has 3 heterocycles. The van der Waals surface area contributed by atoms with Crippen LogP contribution in [0.25, 0.3) is 0 Å². The third-order valence-corrected chi connectivity index (χ3v) is 5.49. The first-order valence-corrected chi connectivity index (χ1v) is 9.43. The van der Waals surface area contributed by atoms with Crippen LogP contribution in [0.2, 0.25) is 0 Å². The zero-order valence-electron chi connectivity index (χ0n) is 15.1. The highest BCUT2D eigenvalue weighted by atomic mass is 16.7. The minimum atomic E-state index is -0.243. The summed E-state index contributed by atoms with van der Waals surface area (Å²) in [6.07, 6.45) is 0.580. The molecule has 0 aliphatic carbocycles. The van der Waals surface area contributed by atoms with Crippen LogP contribution in [0.5, 0.6) is 17.2 Å². The Hall–Kier alpha value is -3.47. The summed E-state index contributed by atoms with van der Waals surface area (Å²) in [5.41, 5.74) is 4.36. The van der Waals surface area contributed by atoms with Gasteiger partial charge in [-0.1, -0.05) is 48.5 Å². The molecule has 138 valence electrons. The lowest BCUT2D eigenvalue weighted by atomic mass is 9.96. The molecule has 3 aliphatic rings. The molecule has 0 saturated carbocycles. The van der Waals surface area contributed by atoms with E-state index in [1.165, 1.54) is 5.56 Å². The fourth-order valence-electron chi connectivity index (χ4n) is 4.12. The standard InChI is InChI=1S/C23H18N2O3/c1-2-6-15(7-3-1)23-25-19(17-8-4-5-9-20(17)28-23)13-18(24-25)16-10-11-21-22(12-16)27-14-26-21/h1-12,19,23H,13-14H2/t19-,23+/m0/s1. The van der Waals surface area contributed by atoms with E-state index in [9.17, 15) is 0 Å². The Kier molecular flexibility index (Phi) is 3.35. The number of ether oxygens (including phenoxy) is 3. The highest BCUT2D eigenvalue weighted by molar-refractivity contribution is 6.02. The number of fused-ring (bicyclic) bond motifs is 4. The Morgan fingerprint density at radius 2 is 1.64 bits per heavy atom. The van der Waals surface area contributed by atoms with Crippen LogP contribution in [0, 0.1) is 0 Å². The van der Waals surface area contributed by atoms with Gasteiger partial charge in [-0.05, 0) is 24.3 Å². The first kappa shape index (κ1) is 15.6. The van der Waals surface area contributed by atoms with Crippen LogP contribution < -0.4 is 14.2 Å². The van der Waals surface area contributed by atoms with Gasteiger partial charge in [-0.15, -0.1) is 0 Å². The van der Waals surface area contributed by atoms with E-state index in [4.69, 9.17) is 19.3 Å². The van der Waals surface area contributed by atoms with Gasteiger partial charge in [0.15, 0.2) is 11.5 Å². The molecule has 28 heavy (non-hydrogen) atoms. The fourth-order valence-corrected chi connectivity index (χ4v) is 4.12. The van der Waals surface area contributed by atoms with E-state index in [1.54, 1.807) is 0 Å². The summed E-state index contributed by atoms with van der Waals surface area (Å²) in [6.45, 7) is 0.275. The molecule has 0 bridgehead atoms. The molecule has 3 aromatic rings. The number of hydrazone groups is 1. The minimum absolute atomic E-state index is 0.149. The van der Waals surface area contributed by atoms with E-state index in [2.05, 4.69) is 35.3 Å². The van der Waals surface area contributed by atoms with Crippen molar-refractivity contribution in [3.8, 4) is 17.2 Å². The lowest BCUT2D eigenvalue weighted by Crippen LogP contribution is -2.33. The Morgan fingerprint density at radius 3 is 2.57 bits per heavy atom. The summed E-state index contributed by atoms with van der Waals surface area (Å²) in [7, 11) is 0. The number of benzene rings is 3. The summed E-state index contributed by atoms with van der Waals surface area (Å²) >= 11 is 0. The third kappa shape index (κ3) is 2.36. The largest absolute Gasteiger partial charge is 0.464 e. The smallest absolute Gasteiger partial charge is 0.231 e. The normalized spacial score (nSPS) is 21.6. The molecule has 0 saturated heterocycles. The van der Waals surface area contributed by atoms with E-state index in [-0.39, 0.29) is 19.1 Å². The van der Waals surface area contributed by atoms with Crippen molar-refractivity contribution >= 4 is 5.71 Å². The van der Waals surface area contributed by atoms with Crippen molar-refractivity contribution in [2.24, 2.45) is 5.10 Å². The van der Waals surface area contributed by atoms with Gasteiger partial charge in [0.2, 0.25) is 13.0 Å². The van der Waals surface area contributed by atoms with Crippen LogP contribution in [0.1, 0.15) is 35.4 Å². The van der Waals surface area contributed by atoms with E-state index in [0.29, 0.717) is 0 Å². The van der Waals surface area contributed by atoms with E-state index < -0.39 is 0 Å². The van der Waals surface area contributed by atoms with Crippen molar-refractivity contribution in [2.75, 3.05) is 6.79 Å². The average molecular weight is 370 g/mol. The van der Waals surface area contributed by atoms with Gasteiger partial charge in [-0.2, -0.15) is 5.10 Å². The Balaban J connectivity index is 1.43. The van der Waals surface area contributed by atoms with Gasteiger partial charge in [-0.25, -0.2) is 5.01 Å². The summed E-state index contributed by atoms with van der Waals surface area (Å²) in [5.74, 6) is 2.50. The maximum absolute atomic E-state index is 6.36. The molecule has 5 heteroatoms. The van der Waals surface area contributed by atoms with Crippen LogP contribution in [0.4, 0.5) is 0 Å². The van der Waals surface area contributed by atoms with E-state index in [0.717, 1.165) is 40.5 Å². The molecular formula is C23H18N2O3. The van der Waals surface area contributed by atoms with Crippen molar-refractivity contribution in [1.29, 1.82) is 0 Å². The highest BCUT2D eigenvalue weighted by Gasteiger charge is 2.40. The van der Waals surface area contributed by atoms with Crippen molar-refractivity contribution in [3.05, 3.63) is 89.5 Å². The molecular weight excluding hydrogens is 352 g/mol. The first-order chi connectivity index (χ1) is 13.9. The summed E-state index contributed by atoms with van der Waals surface area (Å²) in [6, 6.07) is 24.7. The highest BCUT2D eigenvalue weighted by Crippen LogP contribution is 2.47. The lowest BCUT2D eigenvalue weighted by molar-refractivity contribution is -0.0190. The van der Waals surface area contributed by atoms with Crippen LogP contribution in [-0.2, 0) is 0 Å². The predicted molar refractivity (Wildman–Crippen MR) is 105 cm³/mol. The average Bonchev–Trinajstić information content (AvgIpc) is 3.40. The van der Waals surface area contributed by atoms with Crippen molar-refractivity contribution in [1.82, 2.24) is 5.01 Å². The molecule has 6 rings (SSSR count). The summed E-state index contributed by atoms with van der Waals surface area (Å²) in [4.78, 5) is 0. The Bertz CT molecular complexity index is 1080. The van der Waals surface area contributed by atoms with Gasteiger partial charge in [0.25, 0.3) is 0 Å². The van der Waals surface area contributed by atoms with Gasteiger partial charge < -0.3 is 14.2 Å². The van der Waals surface area contributed by atoms with Gasteiger partial charge in [0.1, 0.15) is 5.75 Å². The third-order valence-electron chi connectivity index (χ3n) is 5.49. The second-order valence-corrected chi connectivity index (χ2v) is 7.13. The molecule has 0 N–H and O–H groups in total. The monoisotopic (exact) mass is 370 g/mol. The number of hydrogen-bond acceptors (Lipinski definition) is 5. The van der Waals surface area contributed by atoms with E-state index in [1.807, 2.05) is 42.5 Å². The first-order valence-electron chi connectivity index (χ1n) is 9.43. The zero-order valence-corrected chi connectivity index (χ0v) is 15.1. The van der Waals surface area contributed by atoms with Crippen LogP contribution in [-0.4, -0.2) is 17.5 Å². The maximum Gasteiger partial charge on any atom is 0.231 e. The van der Waals surface area contributed by atoms with Crippen molar-refractivity contribution < 1.29 is 14.2 Å². The quantitative estimate of drug-likeness (QED) is 0.658. The molecule has 0 unspecified atom stereocenters. The second-order valence-electron chi connectivity index (χ2n) is 7.13. The number of rotatable bonds is 2. The fraction of sp³-hybridized carbons (Fsp3) is 0.174. The van der Waals surface area contributed by atoms with Gasteiger partial charge in [0, 0.05) is 23.1 Å². The minimum Gasteiger partial charge on any atom is -0.464 e. The topological polar surface area (TPSA) is 43.3 Å². The van der Waals surface area contributed by atoms with Crippen LogP contribution in [0.3, 0.4) is 0 Å². The number of hydrogen-bond donors (Lipinski definition) is 0. The van der Waals surface area contributed by atoms with Crippen molar-refractivity contribution in [3.63, 3.8) is 0 Å². The molecule has 3 aliphatic heterocycles. The summed E-state index contributed by atoms with van der Waals surface area (Å²) < 4.78 is 17.4. The van der Waals surface area contributed by atoms with Crippen molar-refractivity contribution in [2.45, 2.75) is 18.7 Å². The summed E-state index contributed by atoms with van der Waals surface area (Å²) in [5, 5.41) is 7.09. The molecule has 0 fully saturated rings. The van der Waals surface area contributed by atoms with Gasteiger partial charge >= 0.3 is 0 Å². The van der Waals surface area contributed by atoms with E-state index >= 15 is 0 Å². The van der Waals surface area contributed by atoms with Crippen LogP contribution >= 0.6 is 0 Å². The number of para-hydroxylation sites is 1. The van der Waals surface area contributed by atoms with Crippen LogP contribution in [0.15, 0.2) is 77.9 Å². The molecule has 0 radical (unpaired) electrons. The Labute approximate surface area is 162 Å². The van der Waals surface area contributed by atoms with Gasteiger partial charge in [-0.3, -0.25) is 0 Å². The van der Waals surface area contributed by atoms with Gasteiger partial charge in [0.05, 0.1) is 11.8 Å². The number of nitrogens with zero attached hydrogens (tertiary/aromatic N) is 2. The molecule has 0 spiro atoms. The molecule has 5 nitrogen and oxygen atoms in total.